The SMILES string of the molecule is Cc1ccc(S(=O)(=O)NC(N)=NCCC[C@@H]2NC(=O)[C@H](c3ccccc3)NC(=O)[C@H](CC(=O)OC3CCCCC3)NC(=O)CN(C)C(=O)[C@H](CCCN=C(N)NS(=O)(=O)c3ccc(C)cc3)NC(=O)[C@H](c3ccccc3)NC(=O)[C@H](CC(=O)OC3CCCCC3)NC(=O)CN(C)C2=O)cc1. The molecule has 30 nitrogen and oxygen atoms in total. The monoisotopic (exact) mass is 1420 g/mol. The van der Waals surface area contributed by atoms with Gasteiger partial charge in [-0.2, -0.15) is 0 Å². The molecule has 32 heteroatoms. The first-order chi connectivity index (χ1) is 47.6. The summed E-state index contributed by atoms with van der Waals surface area (Å²) in [6.45, 7) is 1.44. The number of sulfonamides is 2. The van der Waals surface area contributed by atoms with Crippen molar-refractivity contribution in [3.8, 4) is 0 Å². The highest BCUT2D eigenvalue weighted by molar-refractivity contribution is 7.90. The van der Waals surface area contributed by atoms with Gasteiger partial charge in [0.1, 0.15) is 48.5 Å². The number of hydrogen-bond donors (Lipinski definition) is 10. The molecule has 540 valence electrons. The van der Waals surface area contributed by atoms with Crippen LogP contribution in [-0.4, -0.2) is 174 Å². The number of benzene rings is 4. The molecule has 3 fully saturated rings. The number of ether oxygens (including phenoxy) is 2. The van der Waals surface area contributed by atoms with Gasteiger partial charge in [0, 0.05) is 27.2 Å². The molecule has 0 spiro atoms. The predicted octanol–water partition coefficient (Wildman–Crippen LogP) is 1.87. The normalized spacial score (nSPS) is 21.6. The molecule has 4 aromatic rings. The molecular formula is C68H90N14O16S2. The Labute approximate surface area is 581 Å². The third-order valence-corrected chi connectivity index (χ3v) is 19.6. The lowest BCUT2D eigenvalue weighted by molar-refractivity contribution is -0.153. The van der Waals surface area contributed by atoms with Gasteiger partial charge < -0.3 is 62.6 Å². The molecule has 1 saturated heterocycles. The fraction of sp³-hybridized carbons (Fsp3) is 0.471. The lowest BCUT2D eigenvalue weighted by Gasteiger charge is -2.29. The second kappa shape index (κ2) is 37.3. The number of hydrogen-bond acceptors (Lipinski definition) is 18. The van der Waals surface area contributed by atoms with E-state index in [1.54, 1.807) is 74.5 Å². The van der Waals surface area contributed by atoms with E-state index in [9.17, 15) is 64.8 Å². The standard InChI is InChI=1S/C68H90N14O16S2/c1-43-29-33-49(34-30-43)99(93,94)79-67(69)71-37-17-27-51-65(91)81(3)41-55(83)73-54(40-58(86)98-48-25-15-8-16-26-48)62(88)78-60(46-21-11-6-12-22-46)64(90)76-52(28-18-38-72-68(70)80-100(95,96)50-35-31-44(2)32-36-50)66(92)82(4)42-56(84)74-53(39-57(85)97-47-23-13-7-14-24-47)61(87)77-59(63(89)75-51)45-19-9-5-10-20-45/h5-6,9-12,19-22,29-36,47-48,51-54,59-60H,7-8,13-18,23-28,37-42H2,1-4H3,(H,73,83)(H,74,84)(H,75,89)(H,76,90)(H,77,87)(H,78,88)(H3,69,71,79)(H3,70,72,80)/t51-,52-,53-,54-,59-,60-/m0/s1. The van der Waals surface area contributed by atoms with E-state index in [2.05, 4.69) is 51.3 Å². The van der Waals surface area contributed by atoms with E-state index in [1.165, 1.54) is 62.6 Å². The van der Waals surface area contributed by atoms with Crippen molar-refractivity contribution in [3.63, 3.8) is 0 Å². The largest absolute Gasteiger partial charge is 0.462 e. The summed E-state index contributed by atoms with van der Waals surface area (Å²) in [6, 6.07) is 17.2. The van der Waals surface area contributed by atoms with Gasteiger partial charge in [0.05, 0.1) is 35.7 Å². The minimum Gasteiger partial charge on any atom is -0.462 e. The van der Waals surface area contributed by atoms with E-state index in [0.717, 1.165) is 59.5 Å². The Kier molecular flexibility index (Phi) is 28.8. The van der Waals surface area contributed by atoms with Gasteiger partial charge >= 0.3 is 11.9 Å². The van der Waals surface area contributed by atoms with Crippen LogP contribution < -0.4 is 52.8 Å². The van der Waals surface area contributed by atoms with Crippen LogP contribution in [0.1, 0.15) is 137 Å². The van der Waals surface area contributed by atoms with E-state index in [1.807, 2.05) is 0 Å². The van der Waals surface area contributed by atoms with E-state index >= 15 is 0 Å². The molecule has 0 aromatic heterocycles. The van der Waals surface area contributed by atoms with Crippen LogP contribution in [-0.2, 0) is 77.5 Å². The Morgan fingerprint density at radius 2 is 0.810 bits per heavy atom. The van der Waals surface area contributed by atoms with Crippen LogP contribution in [0.2, 0.25) is 0 Å². The molecule has 100 heavy (non-hydrogen) atoms. The second-order valence-electron chi connectivity index (χ2n) is 25.0. The first-order valence-corrected chi connectivity index (χ1v) is 36.2. The lowest BCUT2D eigenvalue weighted by atomic mass is 9.98. The molecule has 1 heterocycles. The van der Waals surface area contributed by atoms with E-state index in [4.69, 9.17) is 20.9 Å². The maximum atomic E-state index is 15.0. The third kappa shape index (κ3) is 24.2. The van der Waals surface area contributed by atoms with Crippen LogP contribution in [0.15, 0.2) is 129 Å². The summed E-state index contributed by atoms with van der Waals surface area (Å²) in [5.74, 6) is -10.8. The smallest absolute Gasteiger partial charge is 0.308 e. The zero-order valence-corrected chi connectivity index (χ0v) is 58.1. The summed E-state index contributed by atoms with van der Waals surface area (Å²) in [7, 11) is -5.93. The molecule has 6 atom stereocenters. The highest BCUT2D eigenvalue weighted by atomic mass is 32.2. The number of esters is 2. The number of carbonyl (C=O) groups excluding carboxylic acids is 10. The van der Waals surface area contributed by atoms with Gasteiger partial charge in [0.2, 0.25) is 59.2 Å². The molecule has 8 amide bonds. The molecule has 12 N–H and O–H groups in total. The molecule has 2 aliphatic carbocycles. The van der Waals surface area contributed by atoms with Gasteiger partial charge in [0.25, 0.3) is 20.0 Å². The molecule has 0 radical (unpaired) electrons. The first-order valence-electron chi connectivity index (χ1n) is 33.2. The highest BCUT2D eigenvalue weighted by Gasteiger charge is 2.38. The quantitative estimate of drug-likeness (QED) is 0.0261. The van der Waals surface area contributed by atoms with Crippen LogP contribution in [0.3, 0.4) is 0 Å². The maximum Gasteiger partial charge on any atom is 0.308 e. The average molecular weight is 1420 g/mol. The Hall–Kier alpha value is -9.98. The van der Waals surface area contributed by atoms with E-state index in [0.29, 0.717) is 25.7 Å². The van der Waals surface area contributed by atoms with Crippen molar-refractivity contribution in [3.05, 3.63) is 131 Å². The Balaban J connectivity index is 1.24. The van der Waals surface area contributed by atoms with Crippen molar-refractivity contribution >= 4 is 91.2 Å². The van der Waals surface area contributed by atoms with Gasteiger partial charge in [-0.3, -0.25) is 57.9 Å². The van der Waals surface area contributed by atoms with Crippen LogP contribution >= 0.6 is 0 Å². The Morgan fingerprint density at radius 1 is 0.470 bits per heavy atom. The second-order valence-corrected chi connectivity index (χ2v) is 28.4. The van der Waals surface area contributed by atoms with Crippen molar-refractivity contribution < 1.29 is 74.3 Å². The number of nitrogens with one attached hydrogen (secondary N) is 8. The van der Waals surface area contributed by atoms with Gasteiger partial charge in [0.15, 0.2) is 0 Å². The zero-order chi connectivity index (χ0) is 72.5. The molecule has 1 aliphatic heterocycles. The number of nitrogens with two attached hydrogens (primary N) is 2. The summed E-state index contributed by atoms with van der Waals surface area (Å²) in [5, 5.41) is 15.6. The average Bonchev–Trinajstić information content (AvgIpc) is 0.853. The molecule has 2 saturated carbocycles. The van der Waals surface area contributed by atoms with E-state index in [-0.39, 0.29) is 59.7 Å². The van der Waals surface area contributed by atoms with Crippen LogP contribution in [0.5, 0.6) is 0 Å². The minimum absolute atomic E-state index is 0.0759. The number of likely N-dealkylation sites (N-methyl/N-ethyl adjacent to an activating group) is 2. The fourth-order valence-corrected chi connectivity index (χ4v) is 13.4. The minimum atomic E-state index is -4.18. The zero-order valence-electron chi connectivity index (χ0n) is 56.4. The number of guanidine groups is 2. The fourth-order valence-electron chi connectivity index (χ4n) is 11.5. The summed E-state index contributed by atoms with van der Waals surface area (Å²) in [6.07, 6.45) is 3.89. The first kappa shape index (κ1) is 77.4. The number of aliphatic imine (C=N–C) groups is 2. The van der Waals surface area contributed by atoms with Crippen LogP contribution in [0.4, 0.5) is 0 Å². The summed E-state index contributed by atoms with van der Waals surface area (Å²) < 4.78 is 68.5. The summed E-state index contributed by atoms with van der Waals surface area (Å²) in [4.78, 5) is 156. The number of amides is 8. The van der Waals surface area contributed by atoms with Crippen molar-refractivity contribution in [1.82, 2.24) is 51.1 Å². The Bertz CT molecular complexity index is 3570. The highest BCUT2D eigenvalue weighted by Crippen LogP contribution is 2.24. The van der Waals surface area contributed by atoms with Crippen molar-refractivity contribution in [2.24, 2.45) is 21.5 Å². The topological polar surface area (TPSA) is 437 Å². The van der Waals surface area contributed by atoms with Gasteiger partial charge in [-0.1, -0.05) is 109 Å². The number of nitrogens with zero attached hydrogens (tertiary/aromatic N) is 4. The molecule has 3 aliphatic rings. The van der Waals surface area contributed by atoms with Gasteiger partial charge in [-0.05, 0) is 126 Å². The predicted molar refractivity (Wildman–Crippen MR) is 367 cm³/mol. The van der Waals surface area contributed by atoms with Gasteiger partial charge in [-0.15, -0.1) is 0 Å². The maximum absolute atomic E-state index is 15.0. The number of aryl methyl sites for hydroxylation is 2. The molecule has 7 rings (SSSR count). The summed E-state index contributed by atoms with van der Waals surface area (Å²) >= 11 is 0. The molecule has 0 bridgehead atoms. The third-order valence-electron chi connectivity index (χ3n) is 16.9. The van der Waals surface area contributed by atoms with E-state index < -0.39 is 166 Å². The van der Waals surface area contributed by atoms with Gasteiger partial charge in [-0.25, -0.2) is 26.3 Å². The Morgan fingerprint density at radius 3 is 1.15 bits per heavy atom. The number of carbonyl (C=O) groups is 10. The van der Waals surface area contributed by atoms with Crippen molar-refractivity contribution in [1.29, 1.82) is 0 Å². The van der Waals surface area contributed by atoms with Crippen molar-refractivity contribution in [2.75, 3.05) is 40.3 Å². The number of rotatable bonds is 20. The molecular weight excluding hydrogens is 1330 g/mol. The van der Waals surface area contributed by atoms with Crippen LogP contribution in [0, 0.1) is 13.8 Å². The van der Waals surface area contributed by atoms with Crippen molar-refractivity contribution in [2.45, 2.75) is 175 Å². The summed E-state index contributed by atoms with van der Waals surface area (Å²) in [5.41, 5.74) is 14.0. The van der Waals surface area contributed by atoms with Crippen LogP contribution in [0.25, 0.3) is 0 Å². The molecule has 0 unspecified atom stereocenters. The molecule has 4 aromatic carbocycles. The lowest BCUT2D eigenvalue weighted by Crippen LogP contribution is -2.57.